The molecule has 3 heteroatoms. The van der Waals surface area contributed by atoms with Crippen molar-refractivity contribution in [1.82, 2.24) is 9.97 Å². The fourth-order valence-corrected chi connectivity index (χ4v) is 1.62. The Labute approximate surface area is 91.6 Å². The van der Waals surface area contributed by atoms with Gasteiger partial charge in [-0.3, -0.25) is 0 Å². The summed E-state index contributed by atoms with van der Waals surface area (Å²) in [5.41, 5.74) is 1.69. The van der Waals surface area contributed by atoms with E-state index in [0.717, 1.165) is 29.9 Å². The van der Waals surface area contributed by atoms with Crippen LogP contribution >= 0.6 is 0 Å². The number of hydrogen-bond donors (Lipinski definition) is 1. The van der Waals surface area contributed by atoms with Crippen LogP contribution in [0.3, 0.4) is 0 Å². The van der Waals surface area contributed by atoms with Crippen LogP contribution in [0.15, 0.2) is 0 Å². The molecule has 0 amide bonds. The van der Waals surface area contributed by atoms with Crippen molar-refractivity contribution in [3.63, 3.8) is 0 Å². The quantitative estimate of drug-likeness (QED) is 0.812. The minimum Gasteiger partial charge on any atom is -0.493 e. The van der Waals surface area contributed by atoms with Gasteiger partial charge in [0.25, 0.3) is 0 Å². The predicted octanol–water partition coefficient (Wildman–Crippen LogP) is 2.74. The third kappa shape index (κ3) is 2.67. The summed E-state index contributed by atoms with van der Waals surface area (Å²) in [5.74, 6) is 0.865. The van der Waals surface area contributed by atoms with E-state index in [1.54, 1.807) is 0 Å². The van der Waals surface area contributed by atoms with Gasteiger partial charge in [0.05, 0.1) is 5.69 Å². The molecular weight excluding hydrogens is 188 g/mol. The highest BCUT2D eigenvalue weighted by Gasteiger charge is 2.21. The summed E-state index contributed by atoms with van der Waals surface area (Å²) < 4.78 is 0. The summed E-state index contributed by atoms with van der Waals surface area (Å²) >= 11 is 0. The maximum absolute atomic E-state index is 9.72. The highest BCUT2D eigenvalue weighted by atomic mass is 16.3. The molecule has 0 radical (unpaired) electrons. The molecule has 15 heavy (non-hydrogen) atoms. The van der Waals surface area contributed by atoms with Crippen molar-refractivity contribution in [3.8, 4) is 5.88 Å². The second-order valence-corrected chi connectivity index (χ2v) is 4.94. The Morgan fingerprint density at radius 2 is 1.80 bits per heavy atom. The Kier molecular flexibility index (Phi) is 3.32. The molecule has 1 rings (SSSR count). The number of aromatic nitrogens is 2. The van der Waals surface area contributed by atoms with E-state index in [-0.39, 0.29) is 11.3 Å². The minimum absolute atomic E-state index is 0.0486. The number of rotatable bonds is 2. The van der Waals surface area contributed by atoms with Gasteiger partial charge in [0.1, 0.15) is 5.82 Å². The molecule has 0 aromatic carbocycles. The van der Waals surface area contributed by atoms with E-state index >= 15 is 0 Å². The normalized spacial score (nSPS) is 11.8. The number of hydrogen-bond acceptors (Lipinski definition) is 3. The van der Waals surface area contributed by atoms with Crippen molar-refractivity contribution in [2.45, 2.75) is 52.9 Å². The maximum Gasteiger partial charge on any atom is 0.217 e. The molecule has 84 valence electrons. The Morgan fingerprint density at radius 1 is 1.20 bits per heavy atom. The molecule has 0 aliphatic heterocycles. The van der Waals surface area contributed by atoms with Crippen molar-refractivity contribution in [3.05, 3.63) is 17.1 Å². The van der Waals surface area contributed by atoms with Crippen LogP contribution in [-0.2, 0) is 11.8 Å². The first-order valence-corrected chi connectivity index (χ1v) is 5.43. The summed E-state index contributed by atoms with van der Waals surface area (Å²) in [5, 5.41) is 9.72. The van der Waals surface area contributed by atoms with Crippen LogP contribution < -0.4 is 0 Å². The van der Waals surface area contributed by atoms with Crippen LogP contribution in [0.1, 0.15) is 51.2 Å². The lowest BCUT2D eigenvalue weighted by Crippen LogP contribution is -2.17. The zero-order valence-corrected chi connectivity index (χ0v) is 10.3. The molecule has 0 unspecified atom stereocenters. The highest BCUT2D eigenvalue weighted by molar-refractivity contribution is 5.32. The topological polar surface area (TPSA) is 46.0 Å². The third-order valence-corrected chi connectivity index (χ3v) is 2.35. The predicted molar refractivity (Wildman–Crippen MR) is 61.1 cm³/mol. The SMILES string of the molecule is CCCc1nc(O)c(C)c(C(C)(C)C)n1. The van der Waals surface area contributed by atoms with Crippen LogP contribution in [0.25, 0.3) is 0 Å². The molecule has 1 N–H and O–H groups in total. The smallest absolute Gasteiger partial charge is 0.217 e. The van der Waals surface area contributed by atoms with Gasteiger partial charge in [-0.1, -0.05) is 27.7 Å². The van der Waals surface area contributed by atoms with Crippen LogP contribution in [0.5, 0.6) is 5.88 Å². The molecule has 0 aliphatic rings. The van der Waals surface area contributed by atoms with E-state index in [4.69, 9.17) is 0 Å². The van der Waals surface area contributed by atoms with Crippen LogP contribution in [-0.4, -0.2) is 15.1 Å². The molecular formula is C12H20N2O. The fourth-order valence-electron chi connectivity index (χ4n) is 1.62. The lowest BCUT2D eigenvalue weighted by molar-refractivity contribution is 0.434. The minimum atomic E-state index is -0.0486. The van der Waals surface area contributed by atoms with Crippen LogP contribution in [0, 0.1) is 6.92 Å². The largest absolute Gasteiger partial charge is 0.493 e. The van der Waals surface area contributed by atoms with E-state index in [2.05, 4.69) is 37.7 Å². The van der Waals surface area contributed by atoms with Gasteiger partial charge in [-0.2, -0.15) is 4.98 Å². The van der Waals surface area contributed by atoms with Crippen LogP contribution in [0.4, 0.5) is 0 Å². The Bertz CT molecular complexity index is 353. The number of aromatic hydroxyl groups is 1. The van der Waals surface area contributed by atoms with Gasteiger partial charge in [-0.25, -0.2) is 4.98 Å². The van der Waals surface area contributed by atoms with Gasteiger partial charge < -0.3 is 5.11 Å². The Hall–Kier alpha value is -1.12. The second kappa shape index (κ2) is 4.17. The van der Waals surface area contributed by atoms with E-state index in [1.807, 2.05) is 6.92 Å². The Balaban J connectivity index is 3.25. The summed E-state index contributed by atoms with van der Waals surface area (Å²) in [6.45, 7) is 10.2. The molecule has 0 aliphatic carbocycles. The fraction of sp³-hybridized carbons (Fsp3) is 0.667. The lowest BCUT2D eigenvalue weighted by Gasteiger charge is -2.21. The standard InChI is InChI=1S/C12H20N2O/c1-6-7-9-13-10(12(3,4)5)8(2)11(15)14-9/h6-7H2,1-5H3,(H,13,14,15). The Morgan fingerprint density at radius 3 is 2.27 bits per heavy atom. The molecule has 0 fully saturated rings. The number of nitrogens with zero attached hydrogens (tertiary/aromatic N) is 2. The molecule has 0 saturated heterocycles. The lowest BCUT2D eigenvalue weighted by atomic mass is 9.89. The number of aryl methyl sites for hydroxylation is 1. The zero-order valence-electron chi connectivity index (χ0n) is 10.3. The van der Waals surface area contributed by atoms with Crippen molar-refractivity contribution in [2.75, 3.05) is 0 Å². The van der Waals surface area contributed by atoms with Crippen LogP contribution in [0.2, 0.25) is 0 Å². The van der Waals surface area contributed by atoms with Crippen molar-refractivity contribution in [1.29, 1.82) is 0 Å². The molecule has 1 aromatic heterocycles. The van der Waals surface area contributed by atoms with Crippen molar-refractivity contribution in [2.24, 2.45) is 0 Å². The van der Waals surface area contributed by atoms with Gasteiger partial charge in [0, 0.05) is 17.4 Å². The first-order chi connectivity index (χ1) is 6.86. The summed E-state index contributed by atoms with van der Waals surface area (Å²) in [6.07, 6.45) is 1.81. The third-order valence-electron chi connectivity index (χ3n) is 2.35. The molecule has 0 bridgehead atoms. The van der Waals surface area contributed by atoms with Crippen molar-refractivity contribution < 1.29 is 5.11 Å². The van der Waals surface area contributed by atoms with E-state index in [0.29, 0.717) is 0 Å². The molecule has 0 saturated carbocycles. The molecule has 1 heterocycles. The average molecular weight is 208 g/mol. The van der Waals surface area contributed by atoms with Gasteiger partial charge in [0.15, 0.2) is 0 Å². The second-order valence-electron chi connectivity index (χ2n) is 4.94. The first kappa shape index (κ1) is 12.0. The van der Waals surface area contributed by atoms with Gasteiger partial charge >= 0.3 is 0 Å². The van der Waals surface area contributed by atoms with Gasteiger partial charge in [-0.15, -0.1) is 0 Å². The van der Waals surface area contributed by atoms with E-state index in [1.165, 1.54) is 0 Å². The summed E-state index contributed by atoms with van der Waals surface area (Å²) in [6, 6.07) is 0. The highest BCUT2D eigenvalue weighted by Crippen LogP contribution is 2.27. The maximum atomic E-state index is 9.72. The molecule has 3 nitrogen and oxygen atoms in total. The summed E-state index contributed by atoms with van der Waals surface area (Å²) in [4.78, 5) is 8.60. The van der Waals surface area contributed by atoms with E-state index in [9.17, 15) is 5.11 Å². The van der Waals surface area contributed by atoms with Gasteiger partial charge in [-0.05, 0) is 13.3 Å². The monoisotopic (exact) mass is 208 g/mol. The zero-order chi connectivity index (χ0) is 11.6. The molecule has 0 spiro atoms. The molecule has 1 aromatic rings. The van der Waals surface area contributed by atoms with Gasteiger partial charge in [0.2, 0.25) is 5.88 Å². The summed E-state index contributed by atoms with van der Waals surface area (Å²) in [7, 11) is 0. The molecule has 0 atom stereocenters. The van der Waals surface area contributed by atoms with E-state index < -0.39 is 0 Å². The van der Waals surface area contributed by atoms with Crippen molar-refractivity contribution >= 4 is 0 Å². The average Bonchev–Trinajstić information content (AvgIpc) is 2.09. The first-order valence-electron chi connectivity index (χ1n) is 5.43.